The number of ether oxygens (including phenoxy) is 2. The third kappa shape index (κ3) is 3.33. The highest BCUT2D eigenvalue weighted by molar-refractivity contribution is 6.06. The molecule has 26 heavy (non-hydrogen) atoms. The number of anilines is 1. The van der Waals surface area contributed by atoms with E-state index in [9.17, 15) is 4.79 Å². The van der Waals surface area contributed by atoms with Crippen LogP contribution in [-0.4, -0.2) is 34.9 Å². The molecule has 2 aromatic heterocycles. The zero-order valence-electron chi connectivity index (χ0n) is 15.5. The predicted octanol–water partition coefficient (Wildman–Crippen LogP) is 3.59. The molecule has 3 rings (SSSR count). The third-order valence-electron chi connectivity index (χ3n) is 4.10. The van der Waals surface area contributed by atoms with Gasteiger partial charge in [-0.3, -0.25) is 4.79 Å². The number of rotatable bonds is 5. The summed E-state index contributed by atoms with van der Waals surface area (Å²) in [6.07, 6.45) is 1.73. The zero-order valence-corrected chi connectivity index (χ0v) is 15.5. The molecule has 0 fully saturated rings. The van der Waals surface area contributed by atoms with E-state index in [1.807, 2.05) is 31.5 Å². The Balaban J connectivity index is 1.94. The molecule has 0 aliphatic carbocycles. The van der Waals surface area contributed by atoms with Crippen molar-refractivity contribution in [2.75, 3.05) is 19.5 Å². The van der Waals surface area contributed by atoms with Crippen molar-refractivity contribution in [3.05, 3.63) is 41.7 Å². The van der Waals surface area contributed by atoms with Gasteiger partial charge in [0.1, 0.15) is 11.5 Å². The van der Waals surface area contributed by atoms with Crippen molar-refractivity contribution >= 4 is 22.6 Å². The van der Waals surface area contributed by atoms with Gasteiger partial charge in [-0.05, 0) is 26.8 Å². The smallest absolute Gasteiger partial charge is 0.257 e. The fraction of sp³-hybridized carbons (Fsp3) is 0.316. The summed E-state index contributed by atoms with van der Waals surface area (Å²) in [5.74, 6) is 0.954. The van der Waals surface area contributed by atoms with Gasteiger partial charge in [0, 0.05) is 35.3 Å². The monoisotopic (exact) mass is 354 g/mol. The Hall–Kier alpha value is -3.09. The van der Waals surface area contributed by atoms with Crippen molar-refractivity contribution in [3.8, 4) is 11.5 Å². The number of pyridine rings is 1. The van der Waals surface area contributed by atoms with Crippen LogP contribution in [0.25, 0.3) is 11.0 Å². The summed E-state index contributed by atoms with van der Waals surface area (Å²) >= 11 is 0. The topological polar surface area (TPSA) is 78.3 Å². The number of methoxy groups -OCH3 is 2. The molecule has 0 aliphatic heterocycles. The number of aromatic nitrogens is 3. The number of amides is 1. The highest BCUT2D eigenvalue weighted by atomic mass is 16.5. The number of hydrogen-bond donors (Lipinski definition) is 1. The molecule has 2 heterocycles. The maximum absolute atomic E-state index is 12.8. The summed E-state index contributed by atoms with van der Waals surface area (Å²) in [6, 6.07) is 7.23. The fourth-order valence-corrected chi connectivity index (χ4v) is 2.75. The average Bonchev–Trinajstić information content (AvgIpc) is 3.03. The van der Waals surface area contributed by atoms with Crippen LogP contribution in [0.5, 0.6) is 11.5 Å². The Morgan fingerprint density at radius 1 is 1.12 bits per heavy atom. The lowest BCUT2D eigenvalue weighted by Gasteiger charge is -2.11. The third-order valence-corrected chi connectivity index (χ3v) is 4.10. The van der Waals surface area contributed by atoms with Gasteiger partial charge < -0.3 is 14.8 Å². The lowest BCUT2D eigenvalue weighted by Crippen LogP contribution is -2.15. The van der Waals surface area contributed by atoms with E-state index >= 15 is 0 Å². The summed E-state index contributed by atoms with van der Waals surface area (Å²) < 4.78 is 12.3. The largest absolute Gasteiger partial charge is 0.497 e. The van der Waals surface area contributed by atoms with Crippen molar-refractivity contribution in [2.24, 2.45) is 0 Å². The number of carbonyl (C=O) groups is 1. The van der Waals surface area contributed by atoms with E-state index in [-0.39, 0.29) is 11.9 Å². The molecule has 0 spiro atoms. The number of aryl methyl sites for hydroxylation is 1. The van der Waals surface area contributed by atoms with Gasteiger partial charge in [0.25, 0.3) is 5.91 Å². The lowest BCUT2D eigenvalue weighted by atomic mass is 10.1. The van der Waals surface area contributed by atoms with Crippen LogP contribution < -0.4 is 14.8 Å². The summed E-state index contributed by atoms with van der Waals surface area (Å²) in [4.78, 5) is 17.3. The molecule has 7 heteroatoms. The van der Waals surface area contributed by atoms with Crippen LogP contribution in [0, 0.1) is 6.92 Å². The summed E-state index contributed by atoms with van der Waals surface area (Å²) in [7, 11) is 3.13. The van der Waals surface area contributed by atoms with Crippen LogP contribution in [0.3, 0.4) is 0 Å². The first kappa shape index (κ1) is 17.7. The minimum absolute atomic E-state index is 0.198. The van der Waals surface area contributed by atoms with Crippen molar-refractivity contribution in [1.29, 1.82) is 0 Å². The van der Waals surface area contributed by atoms with E-state index in [4.69, 9.17) is 9.47 Å². The minimum atomic E-state index is -0.246. The van der Waals surface area contributed by atoms with Crippen LogP contribution in [0.4, 0.5) is 5.69 Å². The van der Waals surface area contributed by atoms with E-state index in [1.54, 1.807) is 38.6 Å². The van der Waals surface area contributed by atoms with Gasteiger partial charge in [-0.25, -0.2) is 9.67 Å². The fourth-order valence-electron chi connectivity index (χ4n) is 2.75. The molecule has 0 aliphatic rings. The molecular formula is C19H22N4O3. The number of nitrogens with one attached hydrogen (secondary N) is 1. The van der Waals surface area contributed by atoms with Gasteiger partial charge >= 0.3 is 0 Å². The van der Waals surface area contributed by atoms with E-state index in [2.05, 4.69) is 15.4 Å². The Bertz CT molecular complexity index is 941. The number of fused-ring (bicyclic) bond motifs is 1. The van der Waals surface area contributed by atoms with Gasteiger partial charge in [0.15, 0.2) is 5.65 Å². The van der Waals surface area contributed by atoms with Gasteiger partial charge in [-0.1, -0.05) is 0 Å². The highest BCUT2D eigenvalue weighted by Crippen LogP contribution is 2.27. The number of carbonyl (C=O) groups excluding carboxylic acids is 1. The second-order valence-corrected chi connectivity index (χ2v) is 6.27. The van der Waals surface area contributed by atoms with E-state index in [1.165, 1.54) is 0 Å². The SMILES string of the molecule is COc1cc(NC(=O)c2cc3cnn(C(C)C)c3nc2C)cc(OC)c1. The lowest BCUT2D eigenvalue weighted by molar-refractivity contribution is 0.102. The molecule has 0 saturated carbocycles. The first-order valence-corrected chi connectivity index (χ1v) is 8.32. The summed E-state index contributed by atoms with van der Waals surface area (Å²) in [6.45, 7) is 5.90. The molecular weight excluding hydrogens is 332 g/mol. The maximum atomic E-state index is 12.8. The first-order chi connectivity index (χ1) is 12.4. The van der Waals surface area contributed by atoms with E-state index in [0.29, 0.717) is 28.4 Å². The molecule has 1 amide bonds. The molecule has 0 radical (unpaired) electrons. The molecule has 0 bridgehead atoms. The van der Waals surface area contributed by atoms with Crippen molar-refractivity contribution in [2.45, 2.75) is 26.8 Å². The van der Waals surface area contributed by atoms with Crippen molar-refractivity contribution in [3.63, 3.8) is 0 Å². The molecule has 7 nitrogen and oxygen atoms in total. The Labute approximate surface area is 151 Å². The Morgan fingerprint density at radius 3 is 2.35 bits per heavy atom. The molecule has 0 saturated heterocycles. The standard InChI is InChI=1S/C19H22N4O3/c1-11(2)23-18-13(10-20-23)6-17(12(3)21-18)19(24)22-14-7-15(25-4)9-16(8-14)26-5/h6-11H,1-5H3,(H,22,24). The van der Waals surface area contributed by atoms with Crippen LogP contribution in [-0.2, 0) is 0 Å². The van der Waals surface area contributed by atoms with Gasteiger partial charge in [-0.15, -0.1) is 0 Å². The van der Waals surface area contributed by atoms with Gasteiger partial charge in [0.2, 0.25) is 0 Å². The normalized spacial score (nSPS) is 11.0. The highest BCUT2D eigenvalue weighted by Gasteiger charge is 2.16. The van der Waals surface area contributed by atoms with Crippen LogP contribution in [0.15, 0.2) is 30.5 Å². The number of nitrogens with zero attached hydrogens (tertiary/aromatic N) is 3. The average molecular weight is 354 g/mol. The first-order valence-electron chi connectivity index (χ1n) is 8.32. The minimum Gasteiger partial charge on any atom is -0.497 e. The van der Waals surface area contributed by atoms with Crippen molar-refractivity contribution in [1.82, 2.24) is 14.8 Å². The molecule has 1 N–H and O–H groups in total. The summed E-state index contributed by atoms with van der Waals surface area (Å²) in [5, 5.41) is 8.06. The quantitative estimate of drug-likeness (QED) is 0.757. The summed E-state index contributed by atoms with van der Waals surface area (Å²) in [5.41, 5.74) is 2.51. The predicted molar refractivity (Wildman–Crippen MR) is 100 cm³/mol. The molecule has 136 valence electrons. The molecule has 3 aromatic rings. The van der Waals surface area contributed by atoms with Crippen LogP contribution in [0.2, 0.25) is 0 Å². The maximum Gasteiger partial charge on any atom is 0.257 e. The zero-order chi connectivity index (χ0) is 18.8. The molecule has 1 aromatic carbocycles. The molecule has 0 atom stereocenters. The van der Waals surface area contributed by atoms with E-state index in [0.717, 1.165) is 11.0 Å². The van der Waals surface area contributed by atoms with Crippen LogP contribution >= 0.6 is 0 Å². The van der Waals surface area contributed by atoms with Crippen molar-refractivity contribution < 1.29 is 14.3 Å². The number of hydrogen-bond acceptors (Lipinski definition) is 5. The van der Waals surface area contributed by atoms with Gasteiger partial charge in [-0.2, -0.15) is 5.10 Å². The van der Waals surface area contributed by atoms with Crippen LogP contribution in [0.1, 0.15) is 35.9 Å². The van der Waals surface area contributed by atoms with Gasteiger partial charge in [0.05, 0.1) is 31.7 Å². The number of benzene rings is 1. The Morgan fingerprint density at radius 2 is 1.77 bits per heavy atom. The Kier molecular flexibility index (Phi) is 4.79. The van der Waals surface area contributed by atoms with E-state index < -0.39 is 0 Å². The molecule has 0 unspecified atom stereocenters. The second-order valence-electron chi connectivity index (χ2n) is 6.27. The second kappa shape index (κ2) is 7.03.